The summed E-state index contributed by atoms with van der Waals surface area (Å²) < 4.78 is 67.6. The van der Waals surface area contributed by atoms with E-state index in [9.17, 15) is 26.0 Å². The SMILES string of the molecule is CCC(=O)NS(=O)(=O)c1cccc(Nc2ncc(F)c(Nc3ccc(CNS(=O)(=O)C4CC4)cc3)n2)c1. The van der Waals surface area contributed by atoms with Gasteiger partial charge < -0.3 is 10.6 Å². The summed E-state index contributed by atoms with van der Waals surface area (Å²) in [6.07, 6.45) is 2.33. The first-order valence-corrected chi connectivity index (χ1v) is 14.4. The maximum absolute atomic E-state index is 14.4. The molecule has 2 aromatic carbocycles. The van der Waals surface area contributed by atoms with Crippen molar-refractivity contribution in [3.63, 3.8) is 0 Å². The van der Waals surface area contributed by atoms with Crippen LogP contribution in [0, 0.1) is 5.82 Å². The van der Waals surface area contributed by atoms with Crippen LogP contribution in [0.1, 0.15) is 31.7 Å². The predicted octanol–water partition coefficient (Wildman–Crippen LogP) is 2.90. The Morgan fingerprint density at radius 2 is 1.76 bits per heavy atom. The summed E-state index contributed by atoms with van der Waals surface area (Å²) >= 11 is 0. The molecule has 11 nitrogen and oxygen atoms in total. The van der Waals surface area contributed by atoms with Gasteiger partial charge in [-0.2, -0.15) is 4.98 Å². The van der Waals surface area contributed by atoms with Gasteiger partial charge in [0.05, 0.1) is 16.3 Å². The smallest absolute Gasteiger partial charge is 0.264 e. The molecule has 0 saturated heterocycles. The average molecular weight is 549 g/mol. The van der Waals surface area contributed by atoms with E-state index in [-0.39, 0.29) is 34.9 Å². The zero-order chi connectivity index (χ0) is 26.6. The Labute approximate surface area is 214 Å². The highest BCUT2D eigenvalue weighted by atomic mass is 32.2. The molecule has 4 rings (SSSR count). The third kappa shape index (κ3) is 6.99. The first-order chi connectivity index (χ1) is 17.6. The Morgan fingerprint density at radius 1 is 1.03 bits per heavy atom. The van der Waals surface area contributed by atoms with Crippen molar-refractivity contribution in [2.45, 2.75) is 42.9 Å². The number of carbonyl (C=O) groups excluding carboxylic acids is 1. The zero-order valence-electron chi connectivity index (χ0n) is 19.7. The van der Waals surface area contributed by atoms with Crippen molar-refractivity contribution in [3.05, 3.63) is 66.1 Å². The minimum atomic E-state index is -4.05. The fourth-order valence-electron chi connectivity index (χ4n) is 3.19. The lowest BCUT2D eigenvalue weighted by molar-refractivity contribution is -0.119. The van der Waals surface area contributed by atoms with Crippen molar-refractivity contribution in [1.29, 1.82) is 0 Å². The summed E-state index contributed by atoms with van der Waals surface area (Å²) in [4.78, 5) is 19.4. The third-order valence-corrected chi connectivity index (χ3v) is 8.64. The molecule has 4 N–H and O–H groups in total. The molecule has 1 aliphatic carbocycles. The van der Waals surface area contributed by atoms with Gasteiger partial charge in [-0.05, 0) is 48.7 Å². The second-order valence-corrected chi connectivity index (χ2v) is 12.0. The number of anilines is 4. The first-order valence-electron chi connectivity index (χ1n) is 11.4. The van der Waals surface area contributed by atoms with Crippen LogP contribution in [-0.2, 0) is 31.4 Å². The predicted molar refractivity (Wildman–Crippen MR) is 136 cm³/mol. The van der Waals surface area contributed by atoms with Crippen LogP contribution in [0.2, 0.25) is 0 Å². The van der Waals surface area contributed by atoms with Crippen molar-refractivity contribution >= 4 is 49.1 Å². The summed E-state index contributed by atoms with van der Waals surface area (Å²) in [5.74, 6) is -1.48. The monoisotopic (exact) mass is 548 g/mol. The van der Waals surface area contributed by atoms with Gasteiger partial charge in [0.25, 0.3) is 10.0 Å². The number of hydrogen-bond donors (Lipinski definition) is 4. The molecule has 0 bridgehead atoms. The molecular weight excluding hydrogens is 523 g/mol. The third-order valence-electron chi connectivity index (χ3n) is 5.37. The van der Waals surface area contributed by atoms with Crippen LogP contribution in [0.15, 0.2) is 59.6 Å². The van der Waals surface area contributed by atoms with E-state index in [0.717, 1.165) is 11.8 Å². The zero-order valence-corrected chi connectivity index (χ0v) is 21.4. The summed E-state index contributed by atoms with van der Waals surface area (Å²) in [5, 5.41) is 5.36. The first kappa shape index (κ1) is 26.4. The molecular formula is C23H25FN6O5S2. The lowest BCUT2D eigenvalue weighted by atomic mass is 10.2. The number of nitrogens with one attached hydrogen (secondary N) is 4. The highest BCUT2D eigenvalue weighted by Gasteiger charge is 2.35. The van der Waals surface area contributed by atoms with Crippen LogP contribution in [-0.4, -0.2) is 38.0 Å². The summed E-state index contributed by atoms with van der Waals surface area (Å²) in [6.45, 7) is 1.69. The molecule has 1 heterocycles. The summed E-state index contributed by atoms with van der Waals surface area (Å²) in [5.41, 5.74) is 1.56. The van der Waals surface area contributed by atoms with Crippen molar-refractivity contribution in [2.24, 2.45) is 0 Å². The van der Waals surface area contributed by atoms with E-state index in [1.54, 1.807) is 30.3 Å². The van der Waals surface area contributed by atoms with Gasteiger partial charge in [0.1, 0.15) is 0 Å². The Morgan fingerprint density at radius 3 is 2.43 bits per heavy atom. The highest BCUT2D eigenvalue weighted by molar-refractivity contribution is 7.90. The molecule has 0 atom stereocenters. The van der Waals surface area contributed by atoms with E-state index >= 15 is 0 Å². The molecule has 0 unspecified atom stereocenters. The summed E-state index contributed by atoms with van der Waals surface area (Å²) in [6, 6.07) is 12.4. The van der Waals surface area contributed by atoms with Gasteiger partial charge >= 0.3 is 0 Å². The van der Waals surface area contributed by atoms with Gasteiger partial charge in [0, 0.05) is 24.3 Å². The number of aromatic nitrogens is 2. The van der Waals surface area contributed by atoms with Gasteiger partial charge in [-0.3, -0.25) is 4.79 Å². The van der Waals surface area contributed by atoms with Crippen LogP contribution < -0.4 is 20.1 Å². The van der Waals surface area contributed by atoms with Crippen LogP contribution in [0.3, 0.4) is 0 Å². The molecule has 14 heteroatoms. The molecule has 3 aromatic rings. The second-order valence-electron chi connectivity index (χ2n) is 8.31. The Kier molecular flexibility index (Phi) is 7.71. The van der Waals surface area contributed by atoms with E-state index < -0.39 is 31.8 Å². The molecule has 1 aromatic heterocycles. The number of rotatable bonds is 11. The second kappa shape index (κ2) is 10.8. The molecule has 1 fully saturated rings. The topological polar surface area (TPSA) is 159 Å². The molecule has 1 amide bonds. The minimum absolute atomic E-state index is 0.00199. The fraction of sp³-hybridized carbons (Fsp3) is 0.261. The normalized spacial score (nSPS) is 13.7. The number of carbonyl (C=O) groups is 1. The van der Waals surface area contributed by atoms with Crippen molar-refractivity contribution in [2.75, 3.05) is 10.6 Å². The number of hydrogen-bond acceptors (Lipinski definition) is 9. The largest absolute Gasteiger partial charge is 0.338 e. The fourth-order valence-corrected chi connectivity index (χ4v) is 5.65. The number of benzene rings is 2. The van der Waals surface area contributed by atoms with Crippen molar-refractivity contribution in [3.8, 4) is 0 Å². The maximum atomic E-state index is 14.4. The van der Waals surface area contributed by atoms with E-state index in [2.05, 4.69) is 25.3 Å². The number of sulfonamides is 2. The quantitative estimate of drug-likeness (QED) is 0.283. The van der Waals surface area contributed by atoms with Crippen LogP contribution in [0.25, 0.3) is 0 Å². The lowest BCUT2D eigenvalue weighted by Gasteiger charge is -2.11. The molecule has 37 heavy (non-hydrogen) atoms. The number of nitrogens with zero attached hydrogens (tertiary/aromatic N) is 2. The van der Waals surface area contributed by atoms with Gasteiger partial charge in [0.15, 0.2) is 11.6 Å². The maximum Gasteiger partial charge on any atom is 0.264 e. The standard InChI is InChI=1S/C23H25FN6O5S2/c1-2-21(31)30-37(34,35)19-5-3-4-17(12-19)28-23-25-14-20(24)22(29-23)27-16-8-6-15(7-9-16)13-26-36(32,33)18-10-11-18/h3-9,12,14,18,26H,2,10-11,13H2,1H3,(H,30,31)(H2,25,27,28,29). The Hall–Kier alpha value is -3.62. The van der Waals surface area contributed by atoms with E-state index in [1.165, 1.54) is 25.1 Å². The van der Waals surface area contributed by atoms with Crippen LogP contribution >= 0.6 is 0 Å². The molecule has 0 aliphatic heterocycles. The number of halogens is 1. The van der Waals surface area contributed by atoms with Crippen molar-refractivity contribution in [1.82, 2.24) is 19.4 Å². The Balaban J connectivity index is 1.43. The molecule has 1 saturated carbocycles. The van der Waals surface area contributed by atoms with E-state index in [1.807, 2.05) is 4.72 Å². The summed E-state index contributed by atoms with van der Waals surface area (Å²) in [7, 11) is -7.34. The van der Waals surface area contributed by atoms with Gasteiger partial charge in [-0.15, -0.1) is 0 Å². The van der Waals surface area contributed by atoms with Crippen molar-refractivity contribution < 1.29 is 26.0 Å². The average Bonchev–Trinajstić information content (AvgIpc) is 3.72. The van der Waals surface area contributed by atoms with Gasteiger partial charge in [-0.1, -0.05) is 25.1 Å². The molecule has 0 radical (unpaired) electrons. The van der Waals surface area contributed by atoms with E-state index in [4.69, 9.17) is 0 Å². The van der Waals surface area contributed by atoms with Gasteiger partial charge in [0.2, 0.25) is 21.9 Å². The lowest BCUT2D eigenvalue weighted by Crippen LogP contribution is -2.29. The molecule has 196 valence electrons. The number of amides is 1. The minimum Gasteiger partial charge on any atom is -0.338 e. The van der Waals surface area contributed by atoms with E-state index in [0.29, 0.717) is 24.2 Å². The Bertz CT molecular complexity index is 1510. The van der Waals surface area contributed by atoms with Crippen LogP contribution in [0.4, 0.5) is 27.5 Å². The molecule has 0 spiro atoms. The highest BCUT2D eigenvalue weighted by Crippen LogP contribution is 2.27. The van der Waals surface area contributed by atoms with Crippen LogP contribution in [0.5, 0.6) is 0 Å². The molecule has 1 aliphatic rings. The van der Waals surface area contributed by atoms with Gasteiger partial charge in [-0.25, -0.2) is 35.7 Å².